The Labute approximate surface area is 133 Å². The summed E-state index contributed by atoms with van der Waals surface area (Å²) >= 11 is 0. The molecule has 0 saturated carbocycles. The highest BCUT2D eigenvalue weighted by Gasteiger charge is 2.13. The maximum Gasteiger partial charge on any atom is 0.260 e. The van der Waals surface area contributed by atoms with Crippen LogP contribution in [0.25, 0.3) is 11.5 Å². The van der Waals surface area contributed by atoms with E-state index < -0.39 is 0 Å². The third-order valence-electron chi connectivity index (χ3n) is 3.05. The van der Waals surface area contributed by atoms with E-state index in [4.69, 9.17) is 9.26 Å². The van der Waals surface area contributed by atoms with Gasteiger partial charge in [0.15, 0.2) is 6.61 Å². The summed E-state index contributed by atoms with van der Waals surface area (Å²) in [6, 6.07) is 16.6. The average Bonchev–Trinajstić information content (AvgIpc) is 3.03. The van der Waals surface area contributed by atoms with Gasteiger partial charge < -0.3 is 14.6 Å². The molecule has 3 rings (SSSR count). The number of hydrogen-bond acceptors (Lipinski definition) is 5. The molecule has 3 aromatic rings. The summed E-state index contributed by atoms with van der Waals surface area (Å²) in [5.41, 5.74) is 1.29. The van der Waals surface area contributed by atoms with Crippen LogP contribution in [0.2, 0.25) is 0 Å². The highest BCUT2D eigenvalue weighted by molar-refractivity contribution is 5.92. The molecule has 0 unspecified atom stereocenters. The first-order chi connectivity index (χ1) is 11.2. The number of anilines is 1. The second-order valence-electron chi connectivity index (χ2n) is 4.84. The third-order valence-corrected chi connectivity index (χ3v) is 3.05. The van der Waals surface area contributed by atoms with E-state index in [1.54, 1.807) is 12.1 Å². The molecular formula is C17H15N3O3. The Kier molecular flexibility index (Phi) is 4.33. The summed E-state index contributed by atoms with van der Waals surface area (Å²) in [6.07, 6.45) is 0. The van der Waals surface area contributed by atoms with Crippen LogP contribution in [0, 0.1) is 0 Å². The zero-order chi connectivity index (χ0) is 16.1. The highest BCUT2D eigenvalue weighted by atomic mass is 16.5. The lowest BCUT2D eigenvalue weighted by Gasteiger charge is -2.05. The SMILES string of the molecule is CC(=O)Nc1ccccc1-c1nc(COc2ccccc2)no1. The Hall–Kier alpha value is -3.15. The van der Waals surface area contributed by atoms with Gasteiger partial charge in [0.25, 0.3) is 5.89 Å². The van der Waals surface area contributed by atoms with E-state index in [-0.39, 0.29) is 12.5 Å². The molecule has 116 valence electrons. The van der Waals surface area contributed by atoms with Gasteiger partial charge in [-0.05, 0) is 24.3 Å². The topological polar surface area (TPSA) is 77.2 Å². The second kappa shape index (κ2) is 6.74. The molecule has 0 bridgehead atoms. The molecule has 0 aliphatic heterocycles. The van der Waals surface area contributed by atoms with Crippen molar-refractivity contribution in [1.82, 2.24) is 10.1 Å². The normalized spacial score (nSPS) is 10.3. The minimum Gasteiger partial charge on any atom is -0.485 e. The molecule has 1 aromatic heterocycles. The number of carbonyl (C=O) groups is 1. The number of hydrogen-bond donors (Lipinski definition) is 1. The number of ether oxygens (including phenoxy) is 1. The first-order valence-electron chi connectivity index (χ1n) is 7.10. The standard InChI is InChI=1S/C17H15N3O3/c1-12(21)18-15-10-6-5-9-14(15)17-19-16(20-23-17)11-22-13-7-3-2-4-8-13/h2-10H,11H2,1H3,(H,18,21). The van der Waals surface area contributed by atoms with Crippen LogP contribution in [0.15, 0.2) is 59.1 Å². The number of amides is 1. The molecule has 0 spiro atoms. The number of para-hydroxylation sites is 2. The lowest BCUT2D eigenvalue weighted by Crippen LogP contribution is -2.06. The van der Waals surface area contributed by atoms with Crippen molar-refractivity contribution in [3.8, 4) is 17.2 Å². The molecule has 1 heterocycles. The zero-order valence-electron chi connectivity index (χ0n) is 12.5. The van der Waals surface area contributed by atoms with Gasteiger partial charge in [-0.2, -0.15) is 4.98 Å². The fraction of sp³-hybridized carbons (Fsp3) is 0.118. The molecule has 0 fully saturated rings. The summed E-state index contributed by atoms with van der Waals surface area (Å²) in [5.74, 6) is 1.34. The van der Waals surface area contributed by atoms with E-state index >= 15 is 0 Å². The van der Waals surface area contributed by atoms with Crippen LogP contribution in [-0.2, 0) is 11.4 Å². The van der Waals surface area contributed by atoms with Crippen LogP contribution < -0.4 is 10.1 Å². The number of carbonyl (C=O) groups excluding carboxylic acids is 1. The lowest BCUT2D eigenvalue weighted by atomic mass is 10.2. The van der Waals surface area contributed by atoms with Crippen molar-refractivity contribution in [1.29, 1.82) is 0 Å². The second-order valence-corrected chi connectivity index (χ2v) is 4.84. The first-order valence-corrected chi connectivity index (χ1v) is 7.10. The van der Waals surface area contributed by atoms with Crippen LogP contribution in [-0.4, -0.2) is 16.0 Å². The minimum atomic E-state index is -0.162. The van der Waals surface area contributed by atoms with E-state index in [0.717, 1.165) is 5.75 Å². The molecule has 23 heavy (non-hydrogen) atoms. The number of aromatic nitrogens is 2. The molecule has 0 saturated heterocycles. The van der Waals surface area contributed by atoms with Crippen molar-refractivity contribution in [3.63, 3.8) is 0 Å². The summed E-state index contributed by atoms with van der Waals surface area (Å²) in [5, 5.41) is 6.65. The molecule has 0 radical (unpaired) electrons. The summed E-state index contributed by atoms with van der Waals surface area (Å²) < 4.78 is 10.9. The number of rotatable bonds is 5. The fourth-order valence-electron chi connectivity index (χ4n) is 2.05. The van der Waals surface area contributed by atoms with Crippen molar-refractivity contribution in [2.45, 2.75) is 13.5 Å². The van der Waals surface area contributed by atoms with E-state index in [0.29, 0.717) is 23.0 Å². The van der Waals surface area contributed by atoms with E-state index in [1.165, 1.54) is 6.92 Å². The van der Waals surface area contributed by atoms with Gasteiger partial charge in [0, 0.05) is 6.92 Å². The van der Waals surface area contributed by atoms with E-state index in [1.807, 2.05) is 42.5 Å². The molecule has 6 nitrogen and oxygen atoms in total. The molecule has 0 aliphatic carbocycles. The quantitative estimate of drug-likeness (QED) is 0.782. The Morgan fingerprint density at radius 2 is 1.87 bits per heavy atom. The fourth-order valence-corrected chi connectivity index (χ4v) is 2.05. The summed E-state index contributed by atoms with van der Waals surface area (Å²) in [4.78, 5) is 15.6. The number of nitrogens with one attached hydrogen (secondary N) is 1. The third kappa shape index (κ3) is 3.74. The van der Waals surface area contributed by atoms with Gasteiger partial charge in [-0.1, -0.05) is 35.5 Å². The van der Waals surface area contributed by atoms with Gasteiger partial charge >= 0.3 is 0 Å². The van der Waals surface area contributed by atoms with Gasteiger partial charge in [0.1, 0.15) is 5.75 Å². The van der Waals surface area contributed by atoms with Crippen molar-refractivity contribution in [3.05, 3.63) is 60.4 Å². The van der Waals surface area contributed by atoms with Gasteiger partial charge in [-0.25, -0.2) is 0 Å². The predicted octanol–water partition coefficient (Wildman–Crippen LogP) is 3.27. The predicted molar refractivity (Wildman–Crippen MR) is 84.8 cm³/mol. The summed E-state index contributed by atoms with van der Waals surface area (Å²) in [7, 11) is 0. The molecule has 1 N–H and O–H groups in total. The Bertz CT molecular complexity index is 800. The molecule has 6 heteroatoms. The molecule has 0 atom stereocenters. The highest BCUT2D eigenvalue weighted by Crippen LogP contribution is 2.26. The van der Waals surface area contributed by atoms with Crippen molar-refractivity contribution in [2.24, 2.45) is 0 Å². The van der Waals surface area contributed by atoms with Crippen LogP contribution >= 0.6 is 0 Å². The molecule has 2 aromatic carbocycles. The van der Waals surface area contributed by atoms with Gasteiger partial charge in [0.2, 0.25) is 11.7 Å². The largest absolute Gasteiger partial charge is 0.485 e. The summed E-state index contributed by atoms with van der Waals surface area (Å²) in [6.45, 7) is 1.65. The Balaban J connectivity index is 1.76. The van der Waals surface area contributed by atoms with Crippen molar-refractivity contribution >= 4 is 11.6 Å². The average molecular weight is 309 g/mol. The van der Waals surface area contributed by atoms with E-state index in [2.05, 4.69) is 15.5 Å². The van der Waals surface area contributed by atoms with Crippen molar-refractivity contribution in [2.75, 3.05) is 5.32 Å². The van der Waals surface area contributed by atoms with Crippen LogP contribution in [0.4, 0.5) is 5.69 Å². The molecule has 1 amide bonds. The maximum absolute atomic E-state index is 11.3. The monoisotopic (exact) mass is 309 g/mol. The lowest BCUT2D eigenvalue weighted by molar-refractivity contribution is -0.114. The van der Waals surface area contributed by atoms with Crippen LogP contribution in [0.1, 0.15) is 12.7 Å². The minimum absolute atomic E-state index is 0.162. The Morgan fingerprint density at radius 1 is 1.13 bits per heavy atom. The number of nitrogens with zero attached hydrogens (tertiary/aromatic N) is 2. The number of benzene rings is 2. The van der Waals surface area contributed by atoms with Crippen LogP contribution in [0.3, 0.4) is 0 Å². The maximum atomic E-state index is 11.3. The molecular weight excluding hydrogens is 294 g/mol. The Morgan fingerprint density at radius 3 is 2.65 bits per heavy atom. The van der Waals surface area contributed by atoms with Crippen molar-refractivity contribution < 1.29 is 14.1 Å². The zero-order valence-corrected chi connectivity index (χ0v) is 12.5. The van der Waals surface area contributed by atoms with Gasteiger partial charge in [-0.15, -0.1) is 0 Å². The molecule has 0 aliphatic rings. The first kappa shape index (κ1) is 14.8. The van der Waals surface area contributed by atoms with Gasteiger partial charge in [-0.3, -0.25) is 4.79 Å². The van der Waals surface area contributed by atoms with Crippen LogP contribution in [0.5, 0.6) is 5.75 Å². The van der Waals surface area contributed by atoms with E-state index in [9.17, 15) is 4.79 Å². The smallest absolute Gasteiger partial charge is 0.260 e. The van der Waals surface area contributed by atoms with Gasteiger partial charge in [0.05, 0.1) is 11.3 Å².